The summed E-state index contributed by atoms with van der Waals surface area (Å²) in [6, 6.07) is 13.5. The standard InChI is InChI=1S/C15H15FO2S/c16-15-3-1-2-14(8-15)11-19(18)10-13-6-4-12(9-17)5-7-13/h1-8,17H,9-11H2. The highest BCUT2D eigenvalue weighted by Crippen LogP contribution is 2.11. The van der Waals surface area contributed by atoms with Gasteiger partial charge in [-0.1, -0.05) is 36.4 Å². The molecule has 2 aromatic rings. The minimum absolute atomic E-state index is 0.00661. The number of hydrogen-bond donors (Lipinski definition) is 1. The fourth-order valence-corrected chi connectivity index (χ4v) is 3.01. The van der Waals surface area contributed by atoms with Gasteiger partial charge in [-0.3, -0.25) is 4.21 Å². The van der Waals surface area contributed by atoms with Crippen molar-refractivity contribution in [1.29, 1.82) is 0 Å². The third kappa shape index (κ3) is 4.26. The molecule has 100 valence electrons. The first-order chi connectivity index (χ1) is 9.17. The zero-order valence-electron chi connectivity index (χ0n) is 10.4. The normalized spacial score (nSPS) is 12.3. The van der Waals surface area contributed by atoms with Crippen LogP contribution >= 0.6 is 0 Å². The van der Waals surface area contributed by atoms with E-state index < -0.39 is 10.8 Å². The molecule has 0 fully saturated rings. The molecule has 0 bridgehead atoms. The molecule has 0 amide bonds. The Hall–Kier alpha value is -1.52. The summed E-state index contributed by atoms with van der Waals surface area (Å²) < 4.78 is 25.0. The quantitative estimate of drug-likeness (QED) is 0.913. The van der Waals surface area contributed by atoms with E-state index in [-0.39, 0.29) is 12.4 Å². The summed E-state index contributed by atoms with van der Waals surface area (Å²) in [7, 11) is -1.07. The van der Waals surface area contributed by atoms with Crippen molar-refractivity contribution in [3.63, 3.8) is 0 Å². The van der Waals surface area contributed by atoms with Crippen LogP contribution in [0.1, 0.15) is 16.7 Å². The monoisotopic (exact) mass is 278 g/mol. The molecule has 0 aliphatic rings. The molecule has 2 nitrogen and oxygen atoms in total. The molecule has 0 aromatic heterocycles. The second-order valence-corrected chi connectivity index (χ2v) is 5.79. The first kappa shape index (κ1) is 13.9. The van der Waals surface area contributed by atoms with Gasteiger partial charge in [0.15, 0.2) is 0 Å². The van der Waals surface area contributed by atoms with Gasteiger partial charge in [-0.2, -0.15) is 0 Å². The van der Waals surface area contributed by atoms with Crippen LogP contribution in [0.2, 0.25) is 0 Å². The van der Waals surface area contributed by atoms with Gasteiger partial charge in [-0.25, -0.2) is 4.39 Å². The van der Waals surface area contributed by atoms with E-state index in [0.717, 1.165) is 16.7 Å². The molecule has 0 saturated heterocycles. The van der Waals surface area contributed by atoms with Gasteiger partial charge in [0.25, 0.3) is 0 Å². The molecule has 4 heteroatoms. The summed E-state index contributed by atoms with van der Waals surface area (Å²) in [5, 5.41) is 8.94. The lowest BCUT2D eigenvalue weighted by Crippen LogP contribution is -2.00. The van der Waals surface area contributed by atoms with Crippen molar-refractivity contribution in [3.8, 4) is 0 Å². The zero-order chi connectivity index (χ0) is 13.7. The Kier molecular flexibility index (Phi) is 4.82. The molecule has 0 heterocycles. The van der Waals surface area contributed by atoms with Crippen LogP contribution in [-0.2, 0) is 28.9 Å². The largest absolute Gasteiger partial charge is 0.392 e. The van der Waals surface area contributed by atoms with Crippen LogP contribution in [0.5, 0.6) is 0 Å². The van der Waals surface area contributed by atoms with Gasteiger partial charge in [0.05, 0.1) is 6.61 Å². The fraction of sp³-hybridized carbons (Fsp3) is 0.200. The molecule has 1 N–H and O–H groups in total. The number of hydrogen-bond acceptors (Lipinski definition) is 2. The van der Waals surface area contributed by atoms with Crippen LogP contribution in [0.15, 0.2) is 48.5 Å². The molecule has 0 aliphatic carbocycles. The van der Waals surface area contributed by atoms with E-state index in [0.29, 0.717) is 11.5 Å². The molecule has 2 aromatic carbocycles. The average Bonchev–Trinajstić information content (AvgIpc) is 2.39. The first-order valence-corrected chi connectivity index (χ1v) is 7.44. The molecule has 0 aliphatic heterocycles. The summed E-state index contributed by atoms with van der Waals surface area (Å²) in [4.78, 5) is 0. The van der Waals surface area contributed by atoms with Crippen molar-refractivity contribution in [3.05, 3.63) is 71.0 Å². The lowest BCUT2D eigenvalue weighted by Gasteiger charge is -2.04. The third-order valence-electron chi connectivity index (χ3n) is 2.75. The van der Waals surface area contributed by atoms with Gasteiger partial charge in [0, 0.05) is 22.3 Å². The smallest absolute Gasteiger partial charge is 0.123 e. The Morgan fingerprint density at radius 2 is 1.58 bits per heavy atom. The van der Waals surface area contributed by atoms with Crippen LogP contribution < -0.4 is 0 Å². The van der Waals surface area contributed by atoms with E-state index >= 15 is 0 Å². The van der Waals surface area contributed by atoms with Crippen molar-refractivity contribution in [2.75, 3.05) is 0 Å². The highest BCUT2D eigenvalue weighted by Gasteiger charge is 2.04. The first-order valence-electron chi connectivity index (χ1n) is 5.95. The summed E-state index contributed by atoms with van der Waals surface area (Å²) in [5.74, 6) is 0.476. The van der Waals surface area contributed by atoms with Gasteiger partial charge in [0.2, 0.25) is 0 Å². The van der Waals surface area contributed by atoms with Crippen LogP contribution in [0.3, 0.4) is 0 Å². The van der Waals surface area contributed by atoms with Crippen molar-refractivity contribution in [2.45, 2.75) is 18.1 Å². The SMILES string of the molecule is O=S(Cc1ccc(CO)cc1)Cc1cccc(F)c1. The van der Waals surface area contributed by atoms with E-state index in [9.17, 15) is 8.60 Å². The summed E-state index contributed by atoms with van der Waals surface area (Å²) >= 11 is 0. The van der Waals surface area contributed by atoms with Gasteiger partial charge in [-0.15, -0.1) is 0 Å². The van der Waals surface area contributed by atoms with Gasteiger partial charge >= 0.3 is 0 Å². The number of halogens is 1. The van der Waals surface area contributed by atoms with Crippen molar-refractivity contribution in [2.24, 2.45) is 0 Å². The molecule has 1 atom stereocenters. The maximum absolute atomic E-state index is 13.0. The van der Waals surface area contributed by atoms with E-state index in [1.54, 1.807) is 12.1 Å². The molecule has 2 rings (SSSR count). The fourth-order valence-electron chi connectivity index (χ4n) is 1.79. The lowest BCUT2D eigenvalue weighted by molar-refractivity contribution is 0.282. The number of benzene rings is 2. The molecule has 0 saturated carbocycles. The van der Waals surface area contributed by atoms with Gasteiger partial charge < -0.3 is 5.11 Å². The molecule has 0 radical (unpaired) electrons. The lowest BCUT2D eigenvalue weighted by atomic mass is 10.2. The van der Waals surface area contributed by atoms with Gasteiger partial charge in [-0.05, 0) is 28.8 Å². The van der Waals surface area contributed by atoms with Crippen LogP contribution in [0, 0.1) is 5.82 Å². The Labute approximate surface area is 114 Å². The molecule has 1 unspecified atom stereocenters. The predicted octanol–water partition coefficient (Wildman–Crippen LogP) is 2.77. The molecular weight excluding hydrogens is 263 g/mol. The Balaban J connectivity index is 1.97. The predicted molar refractivity (Wildman–Crippen MR) is 74.3 cm³/mol. The van der Waals surface area contributed by atoms with E-state index in [1.807, 2.05) is 24.3 Å². The van der Waals surface area contributed by atoms with E-state index in [4.69, 9.17) is 5.11 Å². The second kappa shape index (κ2) is 6.59. The Morgan fingerprint density at radius 3 is 2.21 bits per heavy atom. The maximum atomic E-state index is 13.0. The van der Waals surface area contributed by atoms with Gasteiger partial charge in [0.1, 0.15) is 5.82 Å². The number of aliphatic hydroxyl groups excluding tert-OH is 1. The zero-order valence-corrected chi connectivity index (χ0v) is 11.2. The Morgan fingerprint density at radius 1 is 0.947 bits per heavy atom. The van der Waals surface area contributed by atoms with Crippen molar-refractivity contribution in [1.82, 2.24) is 0 Å². The van der Waals surface area contributed by atoms with Crippen molar-refractivity contribution < 1.29 is 13.7 Å². The van der Waals surface area contributed by atoms with E-state index in [2.05, 4.69) is 0 Å². The van der Waals surface area contributed by atoms with Crippen LogP contribution in [0.4, 0.5) is 4.39 Å². The maximum Gasteiger partial charge on any atom is 0.123 e. The minimum Gasteiger partial charge on any atom is -0.392 e. The minimum atomic E-state index is -1.07. The molecule has 19 heavy (non-hydrogen) atoms. The van der Waals surface area contributed by atoms with Crippen LogP contribution in [0.25, 0.3) is 0 Å². The topological polar surface area (TPSA) is 37.3 Å². The van der Waals surface area contributed by atoms with Crippen molar-refractivity contribution >= 4 is 10.8 Å². The third-order valence-corrected chi connectivity index (χ3v) is 4.06. The summed E-state index contributed by atoms with van der Waals surface area (Å²) in [5.41, 5.74) is 2.52. The number of rotatable bonds is 5. The number of aliphatic hydroxyl groups is 1. The summed E-state index contributed by atoms with van der Waals surface area (Å²) in [6.07, 6.45) is 0. The van der Waals surface area contributed by atoms with E-state index in [1.165, 1.54) is 12.1 Å². The highest BCUT2D eigenvalue weighted by atomic mass is 32.2. The van der Waals surface area contributed by atoms with Crippen LogP contribution in [-0.4, -0.2) is 9.32 Å². The molecular formula is C15H15FO2S. The summed E-state index contributed by atoms with van der Waals surface area (Å²) in [6.45, 7) is 0.00661. The second-order valence-electron chi connectivity index (χ2n) is 4.33. The molecule has 0 spiro atoms. The highest BCUT2D eigenvalue weighted by molar-refractivity contribution is 7.83. The Bertz CT molecular complexity index is 567. The average molecular weight is 278 g/mol.